The lowest BCUT2D eigenvalue weighted by molar-refractivity contribution is 0.722. The molecule has 0 aliphatic carbocycles. The van der Waals surface area contributed by atoms with Crippen molar-refractivity contribution in [1.82, 2.24) is 4.57 Å². The summed E-state index contributed by atoms with van der Waals surface area (Å²) in [4.78, 5) is 0. The molecule has 3 rings (SSSR count). The minimum atomic E-state index is 1.08. The molecule has 0 amide bonds. The van der Waals surface area contributed by atoms with Gasteiger partial charge in [0.15, 0.2) is 0 Å². The molecule has 0 radical (unpaired) electrons. The average molecular weight is 316 g/mol. The van der Waals surface area contributed by atoms with Crippen LogP contribution in [0, 0.1) is 13.8 Å². The van der Waals surface area contributed by atoms with Crippen molar-refractivity contribution < 1.29 is 0 Å². The SMILES string of the molecule is CCCn1c2ccc(Br)cc2c2c(C)ccc(C)c21. The topological polar surface area (TPSA) is 4.93 Å². The summed E-state index contributed by atoms with van der Waals surface area (Å²) in [6, 6.07) is 11.1. The lowest BCUT2D eigenvalue weighted by Crippen LogP contribution is -1.97. The monoisotopic (exact) mass is 315 g/mol. The van der Waals surface area contributed by atoms with Gasteiger partial charge in [-0.25, -0.2) is 0 Å². The van der Waals surface area contributed by atoms with E-state index in [9.17, 15) is 0 Å². The largest absolute Gasteiger partial charge is 0.340 e. The van der Waals surface area contributed by atoms with Gasteiger partial charge in [-0.1, -0.05) is 35.0 Å². The van der Waals surface area contributed by atoms with E-state index in [-0.39, 0.29) is 0 Å². The number of hydrogen-bond acceptors (Lipinski definition) is 0. The molecule has 98 valence electrons. The summed E-state index contributed by atoms with van der Waals surface area (Å²) in [5, 5.41) is 2.77. The van der Waals surface area contributed by atoms with E-state index in [0.717, 1.165) is 17.4 Å². The van der Waals surface area contributed by atoms with Crippen molar-refractivity contribution in [1.29, 1.82) is 0 Å². The molecule has 0 spiro atoms. The van der Waals surface area contributed by atoms with Crippen LogP contribution in [0.25, 0.3) is 21.8 Å². The van der Waals surface area contributed by atoms with E-state index >= 15 is 0 Å². The van der Waals surface area contributed by atoms with Crippen LogP contribution in [0.4, 0.5) is 0 Å². The molecule has 0 saturated carbocycles. The van der Waals surface area contributed by atoms with Crippen molar-refractivity contribution in [2.45, 2.75) is 33.7 Å². The number of rotatable bonds is 2. The normalized spacial score (nSPS) is 11.6. The Morgan fingerprint density at radius 2 is 1.79 bits per heavy atom. The fraction of sp³-hybridized carbons (Fsp3) is 0.294. The lowest BCUT2D eigenvalue weighted by atomic mass is 10.0. The van der Waals surface area contributed by atoms with Gasteiger partial charge in [-0.15, -0.1) is 0 Å². The van der Waals surface area contributed by atoms with Crippen LogP contribution in [0.2, 0.25) is 0 Å². The molecule has 1 aromatic heterocycles. The Bertz CT molecular complexity index is 768. The summed E-state index contributed by atoms with van der Waals surface area (Å²) in [6.07, 6.45) is 1.16. The quantitative estimate of drug-likeness (QED) is 0.581. The van der Waals surface area contributed by atoms with Crippen molar-refractivity contribution in [2.24, 2.45) is 0 Å². The van der Waals surface area contributed by atoms with Crippen LogP contribution >= 0.6 is 15.9 Å². The van der Waals surface area contributed by atoms with Crippen LogP contribution < -0.4 is 0 Å². The first kappa shape index (κ1) is 12.7. The van der Waals surface area contributed by atoms with Gasteiger partial charge in [0, 0.05) is 27.3 Å². The molecular weight excluding hydrogens is 298 g/mol. The minimum Gasteiger partial charge on any atom is -0.340 e. The molecule has 1 heterocycles. The maximum Gasteiger partial charge on any atom is 0.0523 e. The lowest BCUT2D eigenvalue weighted by Gasteiger charge is -2.08. The Kier molecular flexibility index (Phi) is 3.14. The maximum absolute atomic E-state index is 3.60. The summed E-state index contributed by atoms with van der Waals surface area (Å²) in [6.45, 7) is 7.73. The first-order chi connectivity index (χ1) is 9.13. The Balaban J connectivity index is 2.57. The molecule has 0 aliphatic rings. The first-order valence-electron chi connectivity index (χ1n) is 6.81. The van der Waals surface area contributed by atoms with Crippen LogP contribution in [-0.2, 0) is 6.54 Å². The predicted molar refractivity (Wildman–Crippen MR) is 86.9 cm³/mol. The Labute approximate surface area is 122 Å². The Hall–Kier alpha value is -1.28. The molecule has 0 fully saturated rings. The van der Waals surface area contributed by atoms with E-state index < -0.39 is 0 Å². The zero-order valence-corrected chi connectivity index (χ0v) is 13.2. The summed E-state index contributed by atoms with van der Waals surface area (Å²) >= 11 is 3.60. The average Bonchev–Trinajstić information content (AvgIpc) is 2.70. The van der Waals surface area contributed by atoms with Gasteiger partial charge < -0.3 is 4.57 Å². The van der Waals surface area contributed by atoms with Crippen LogP contribution in [0.1, 0.15) is 24.5 Å². The molecular formula is C17H18BrN. The van der Waals surface area contributed by atoms with Crippen molar-refractivity contribution in [3.05, 3.63) is 45.9 Å². The number of aromatic nitrogens is 1. The van der Waals surface area contributed by atoms with Gasteiger partial charge >= 0.3 is 0 Å². The highest BCUT2D eigenvalue weighted by Crippen LogP contribution is 2.35. The predicted octanol–water partition coefficient (Wildman–Crippen LogP) is 5.58. The summed E-state index contributed by atoms with van der Waals surface area (Å²) in [5.74, 6) is 0. The third-order valence-corrected chi connectivity index (χ3v) is 4.32. The highest BCUT2D eigenvalue weighted by Gasteiger charge is 2.13. The fourth-order valence-electron chi connectivity index (χ4n) is 3.00. The molecule has 0 atom stereocenters. The van der Waals surface area contributed by atoms with Crippen LogP contribution in [0.5, 0.6) is 0 Å². The third kappa shape index (κ3) is 1.90. The van der Waals surface area contributed by atoms with E-state index in [1.807, 2.05) is 0 Å². The van der Waals surface area contributed by atoms with E-state index in [4.69, 9.17) is 0 Å². The standard InChI is InChI=1S/C17H18BrN/c1-4-9-19-15-8-7-13(18)10-14(15)16-11(2)5-6-12(3)17(16)19/h5-8,10H,4,9H2,1-3H3. The minimum absolute atomic E-state index is 1.08. The number of hydrogen-bond donors (Lipinski definition) is 0. The fourth-order valence-corrected chi connectivity index (χ4v) is 3.37. The Morgan fingerprint density at radius 3 is 2.53 bits per heavy atom. The zero-order valence-electron chi connectivity index (χ0n) is 11.6. The molecule has 0 unspecified atom stereocenters. The molecule has 0 N–H and O–H groups in total. The van der Waals surface area contributed by atoms with E-state index in [0.29, 0.717) is 0 Å². The van der Waals surface area contributed by atoms with Crippen molar-refractivity contribution in [3.63, 3.8) is 0 Å². The molecule has 2 aromatic carbocycles. The molecule has 3 aromatic rings. The van der Waals surface area contributed by atoms with Gasteiger partial charge in [0.25, 0.3) is 0 Å². The molecule has 19 heavy (non-hydrogen) atoms. The molecule has 0 bridgehead atoms. The van der Waals surface area contributed by atoms with Gasteiger partial charge in [-0.3, -0.25) is 0 Å². The summed E-state index contributed by atoms with van der Waals surface area (Å²) in [7, 11) is 0. The van der Waals surface area contributed by atoms with Crippen molar-refractivity contribution >= 4 is 37.7 Å². The number of aryl methyl sites for hydroxylation is 3. The van der Waals surface area contributed by atoms with Crippen LogP contribution in [-0.4, -0.2) is 4.57 Å². The second-order valence-corrected chi connectivity index (χ2v) is 6.15. The van der Waals surface area contributed by atoms with E-state index in [1.165, 1.54) is 32.9 Å². The zero-order chi connectivity index (χ0) is 13.6. The molecule has 0 aliphatic heterocycles. The highest BCUT2D eigenvalue weighted by molar-refractivity contribution is 9.10. The second kappa shape index (κ2) is 4.68. The van der Waals surface area contributed by atoms with Gasteiger partial charge in [0.05, 0.1) is 5.52 Å². The molecule has 2 heteroatoms. The molecule has 1 nitrogen and oxygen atoms in total. The number of fused-ring (bicyclic) bond motifs is 3. The van der Waals surface area contributed by atoms with Gasteiger partial charge in [0.1, 0.15) is 0 Å². The van der Waals surface area contributed by atoms with Crippen molar-refractivity contribution in [3.8, 4) is 0 Å². The Morgan fingerprint density at radius 1 is 1.05 bits per heavy atom. The number of halogens is 1. The van der Waals surface area contributed by atoms with Gasteiger partial charge in [-0.05, 0) is 49.6 Å². The molecule has 0 saturated heterocycles. The number of nitrogens with zero attached hydrogens (tertiary/aromatic N) is 1. The maximum atomic E-state index is 3.60. The summed E-state index contributed by atoms with van der Waals surface area (Å²) < 4.78 is 3.62. The number of benzene rings is 2. The van der Waals surface area contributed by atoms with Gasteiger partial charge in [-0.2, -0.15) is 0 Å². The summed E-state index contributed by atoms with van der Waals surface area (Å²) in [5.41, 5.74) is 5.47. The van der Waals surface area contributed by atoms with Crippen LogP contribution in [0.15, 0.2) is 34.8 Å². The third-order valence-electron chi connectivity index (χ3n) is 3.82. The highest BCUT2D eigenvalue weighted by atomic mass is 79.9. The van der Waals surface area contributed by atoms with E-state index in [1.54, 1.807) is 0 Å². The van der Waals surface area contributed by atoms with E-state index in [2.05, 4.69) is 71.6 Å². The first-order valence-corrected chi connectivity index (χ1v) is 7.60. The smallest absolute Gasteiger partial charge is 0.0523 e. The van der Waals surface area contributed by atoms with Crippen LogP contribution in [0.3, 0.4) is 0 Å². The second-order valence-electron chi connectivity index (χ2n) is 5.24. The van der Waals surface area contributed by atoms with Crippen molar-refractivity contribution in [2.75, 3.05) is 0 Å². The van der Waals surface area contributed by atoms with Gasteiger partial charge in [0.2, 0.25) is 0 Å².